The van der Waals surface area contributed by atoms with Gasteiger partial charge in [0.05, 0.1) is 34.3 Å². The second-order valence-electron chi connectivity index (χ2n) is 7.45. The number of nitrogens with zero attached hydrogens (tertiary/aromatic N) is 6. The molecule has 168 valence electrons. The van der Waals surface area contributed by atoms with E-state index in [-0.39, 0.29) is 0 Å². The standard InChI is InChI=1S/C23H24N8O2/c1-5-33-23(32)20-14(3)30-31(15(20)4)19-10-18(25-12-26-19)27-22-13(2)21(28-29-22)17-8-6-16(11-24)7-9-17/h6-10,12,23,32H,5H2,1-4H3,(H2,25,26,27,28,29). The van der Waals surface area contributed by atoms with Gasteiger partial charge in [0.1, 0.15) is 12.1 Å². The molecule has 0 fully saturated rings. The van der Waals surface area contributed by atoms with Gasteiger partial charge in [0.15, 0.2) is 17.9 Å². The van der Waals surface area contributed by atoms with E-state index >= 15 is 0 Å². The van der Waals surface area contributed by atoms with E-state index in [1.165, 1.54) is 6.33 Å². The Morgan fingerprint density at radius 3 is 2.67 bits per heavy atom. The summed E-state index contributed by atoms with van der Waals surface area (Å²) in [7, 11) is 0. The Hall–Kier alpha value is -4.07. The van der Waals surface area contributed by atoms with Crippen molar-refractivity contribution in [1.82, 2.24) is 29.9 Å². The lowest BCUT2D eigenvalue weighted by Gasteiger charge is -2.11. The summed E-state index contributed by atoms with van der Waals surface area (Å²) >= 11 is 0. The van der Waals surface area contributed by atoms with Gasteiger partial charge in [-0.05, 0) is 45.4 Å². The monoisotopic (exact) mass is 444 g/mol. The quantitative estimate of drug-likeness (QED) is 0.368. The highest BCUT2D eigenvalue weighted by molar-refractivity contribution is 5.71. The molecule has 10 heteroatoms. The van der Waals surface area contributed by atoms with Crippen molar-refractivity contribution in [2.24, 2.45) is 0 Å². The van der Waals surface area contributed by atoms with Gasteiger partial charge in [0, 0.05) is 18.2 Å². The number of H-pyrrole nitrogens is 1. The number of aryl methyl sites for hydroxylation is 1. The molecule has 3 heterocycles. The van der Waals surface area contributed by atoms with Crippen LogP contribution < -0.4 is 5.32 Å². The fraction of sp³-hybridized carbons (Fsp3) is 0.261. The molecular weight excluding hydrogens is 420 g/mol. The second-order valence-corrected chi connectivity index (χ2v) is 7.45. The number of aromatic nitrogens is 6. The van der Waals surface area contributed by atoms with Gasteiger partial charge >= 0.3 is 0 Å². The largest absolute Gasteiger partial charge is 0.364 e. The van der Waals surface area contributed by atoms with Crippen LogP contribution in [0.5, 0.6) is 0 Å². The van der Waals surface area contributed by atoms with Crippen molar-refractivity contribution in [3.05, 3.63) is 64.7 Å². The second kappa shape index (κ2) is 9.20. The van der Waals surface area contributed by atoms with Gasteiger partial charge in [-0.3, -0.25) is 5.10 Å². The van der Waals surface area contributed by atoms with Crippen LogP contribution in [0.2, 0.25) is 0 Å². The van der Waals surface area contributed by atoms with Crippen LogP contribution in [0.4, 0.5) is 11.6 Å². The van der Waals surface area contributed by atoms with Crippen molar-refractivity contribution in [2.45, 2.75) is 34.0 Å². The molecule has 0 aliphatic rings. The molecule has 0 saturated heterocycles. The van der Waals surface area contributed by atoms with Crippen LogP contribution >= 0.6 is 0 Å². The highest BCUT2D eigenvalue weighted by atomic mass is 16.6. The van der Waals surface area contributed by atoms with Crippen LogP contribution in [0.15, 0.2) is 36.7 Å². The minimum Gasteiger partial charge on any atom is -0.364 e. The first-order chi connectivity index (χ1) is 15.9. The van der Waals surface area contributed by atoms with Crippen molar-refractivity contribution in [1.29, 1.82) is 5.26 Å². The average molecular weight is 444 g/mol. The lowest BCUT2D eigenvalue weighted by Crippen LogP contribution is -2.07. The summed E-state index contributed by atoms with van der Waals surface area (Å²) in [4.78, 5) is 8.64. The minimum absolute atomic E-state index is 0.389. The number of nitriles is 1. The summed E-state index contributed by atoms with van der Waals surface area (Å²) in [5.41, 5.74) is 5.31. The maximum absolute atomic E-state index is 10.3. The Bertz CT molecular complexity index is 1320. The summed E-state index contributed by atoms with van der Waals surface area (Å²) in [6, 6.07) is 11.2. The van der Waals surface area contributed by atoms with Crippen LogP contribution in [0.1, 0.15) is 41.3 Å². The normalized spacial score (nSPS) is 11.9. The van der Waals surface area contributed by atoms with E-state index in [0.29, 0.717) is 40.9 Å². The average Bonchev–Trinajstić information content (AvgIpc) is 3.32. The van der Waals surface area contributed by atoms with Crippen molar-refractivity contribution in [3.63, 3.8) is 0 Å². The molecule has 10 nitrogen and oxygen atoms in total. The van der Waals surface area contributed by atoms with Crippen LogP contribution in [0, 0.1) is 32.1 Å². The Labute approximate surface area is 190 Å². The zero-order valence-electron chi connectivity index (χ0n) is 18.8. The number of ether oxygens (including phenoxy) is 1. The number of hydrogen-bond donors (Lipinski definition) is 3. The highest BCUT2D eigenvalue weighted by Crippen LogP contribution is 2.29. The van der Waals surface area contributed by atoms with Gasteiger partial charge in [-0.2, -0.15) is 15.5 Å². The van der Waals surface area contributed by atoms with Crippen molar-refractivity contribution in [2.75, 3.05) is 11.9 Å². The number of aromatic amines is 1. The molecule has 1 aromatic carbocycles. The highest BCUT2D eigenvalue weighted by Gasteiger charge is 2.21. The van der Waals surface area contributed by atoms with Crippen molar-refractivity contribution >= 4 is 11.6 Å². The molecule has 4 rings (SSSR count). The van der Waals surface area contributed by atoms with Crippen LogP contribution in [0.25, 0.3) is 17.1 Å². The molecule has 0 aliphatic carbocycles. The van der Waals surface area contributed by atoms with E-state index in [4.69, 9.17) is 10.00 Å². The van der Waals surface area contributed by atoms with Crippen LogP contribution in [-0.2, 0) is 4.74 Å². The fourth-order valence-corrected chi connectivity index (χ4v) is 3.64. The Morgan fingerprint density at radius 1 is 1.21 bits per heavy atom. The van der Waals surface area contributed by atoms with Crippen molar-refractivity contribution < 1.29 is 9.84 Å². The molecule has 1 unspecified atom stereocenters. The summed E-state index contributed by atoms with van der Waals surface area (Å²) < 4.78 is 6.99. The summed E-state index contributed by atoms with van der Waals surface area (Å²) in [6.45, 7) is 7.84. The molecular formula is C23H24N8O2. The third-order valence-electron chi connectivity index (χ3n) is 5.35. The van der Waals surface area contributed by atoms with Gasteiger partial charge in [-0.1, -0.05) is 12.1 Å². The number of aliphatic hydroxyl groups is 1. The van der Waals surface area contributed by atoms with Gasteiger partial charge < -0.3 is 15.2 Å². The number of hydrogen-bond acceptors (Lipinski definition) is 8. The zero-order valence-corrected chi connectivity index (χ0v) is 18.8. The van der Waals surface area contributed by atoms with Gasteiger partial charge in [-0.25, -0.2) is 14.6 Å². The third kappa shape index (κ3) is 4.32. The number of nitrogens with one attached hydrogen (secondary N) is 2. The van der Waals surface area contributed by atoms with E-state index in [0.717, 1.165) is 22.5 Å². The molecule has 3 aromatic heterocycles. The predicted molar refractivity (Wildman–Crippen MR) is 122 cm³/mol. The van der Waals surface area contributed by atoms with Crippen LogP contribution in [-0.4, -0.2) is 41.7 Å². The molecule has 3 N–H and O–H groups in total. The molecule has 33 heavy (non-hydrogen) atoms. The van der Waals surface area contributed by atoms with Gasteiger partial charge in [0.25, 0.3) is 0 Å². The first-order valence-electron chi connectivity index (χ1n) is 10.4. The zero-order chi connectivity index (χ0) is 23.5. The lowest BCUT2D eigenvalue weighted by molar-refractivity contribution is -0.0986. The van der Waals surface area contributed by atoms with Gasteiger partial charge in [-0.15, -0.1) is 0 Å². The van der Waals surface area contributed by atoms with E-state index < -0.39 is 6.29 Å². The SMILES string of the molecule is CCOC(O)c1c(C)nn(-c2cc(Nc3n[nH]c(-c4ccc(C#N)cc4)c3C)ncn2)c1C. The smallest absolute Gasteiger partial charge is 0.184 e. The fourth-order valence-electron chi connectivity index (χ4n) is 3.64. The Balaban J connectivity index is 1.61. The molecule has 0 aliphatic heterocycles. The molecule has 0 amide bonds. The lowest BCUT2D eigenvalue weighted by atomic mass is 10.1. The number of aliphatic hydroxyl groups excluding tert-OH is 1. The summed E-state index contributed by atoms with van der Waals surface area (Å²) in [5, 5.41) is 34.5. The molecule has 4 aromatic rings. The van der Waals surface area contributed by atoms with E-state index in [2.05, 4.69) is 36.7 Å². The first-order valence-corrected chi connectivity index (χ1v) is 10.4. The summed E-state index contributed by atoms with van der Waals surface area (Å²) in [5.74, 6) is 1.71. The Morgan fingerprint density at radius 2 is 1.97 bits per heavy atom. The minimum atomic E-state index is -1.05. The predicted octanol–water partition coefficient (Wildman–Crippen LogP) is 3.62. The van der Waals surface area contributed by atoms with Crippen LogP contribution in [0.3, 0.4) is 0 Å². The van der Waals surface area contributed by atoms with E-state index in [1.54, 1.807) is 22.9 Å². The Kier molecular flexibility index (Phi) is 6.17. The summed E-state index contributed by atoms with van der Waals surface area (Å²) in [6.07, 6.45) is 0.395. The maximum Gasteiger partial charge on any atom is 0.184 e. The van der Waals surface area contributed by atoms with E-state index in [1.807, 2.05) is 39.8 Å². The van der Waals surface area contributed by atoms with Crippen molar-refractivity contribution in [3.8, 4) is 23.1 Å². The number of benzene rings is 1. The maximum atomic E-state index is 10.3. The third-order valence-corrected chi connectivity index (χ3v) is 5.35. The molecule has 0 radical (unpaired) electrons. The molecule has 0 spiro atoms. The topological polar surface area (TPSA) is 138 Å². The molecule has 0 bridgehead atoms. The number of anilines is 2. The van der Waals surface area contributed by atoms with Gasteiger partial charge in [0.2, 0.25) is 0 Å². The molecule has 1 atom stereocenters. The van der Waals surface area contributed by atoms with E-state index in [9.17, 15) is 5.11 Å². The number of rotatable bonds is 7. The first kappa shape index (κ1) is 22.1. The molecule has 0 saturated carbocycles.